The topological polar surface area (TPSA) is 70.8 Å². The van der Waals surface area contributed by atoms with E-state index >= 15 is 0 Å². The van der Waals surface area contributed by atoms with Crippen molar-refractivity contribution in [2.24, 2.45) is 5.92 Å². The van der Waals surface area contributed by atoms with Gasteiger partial charge in [0.15, 0.2) is 5.58 Å². The van der Waals surface area contributed by atoms with Gasteiger partial charge in [0.05, 0.1) is 37.0 Å². The Morgan fingerprint density at radius 2 is 1.93 bits per heavy atom. The van der Waals surface area contributed by atoms with Crippen LogP contribution in [0.4, 0.5) is 6.01 Å². The number of piperidine rings is 3. The van der Waals surface area contributed by atoms with Gasteiger partial charge in [-0.05, 0) is 51.2 Å². The minimum atomic E-state index is -0.0638. The van der Waals surface area contributed by atoms with Crippen LogP contribution in [0.2, 0.25) is 0 Å². The molecular weight excluding hydrogens is 356 g/mol. The zero-order chi connectivity index (χ0) is 19.3. The Morgan fingerprint density at radius 3 is 2.61 bits per heavy atom. The van der Waals surface area contributed by atoms with Crippen LogP contribution in [0.25, 0.3) is 11.1 Å². The van der Waals surface area contributed by atoms with Crippen molar-refractivity contribution in [2.75, 3.05) is 31.2 Å². The number of benzene rings is 1. The van der Waals surface area contributed by atoms with Crippen molar-refractivity contribution >= 4 is 23.0 Å². The number of ether oxygens (including phenoxy) is 1. The van der Waals surface area contributed by atoms with Gasteiger partial charge >= 0.3 is 0 Å². The number of aromatic nitrogens is 1. The fraction of sp³-hybridized carbons (Fsp3) is 0.619. The van der Waals surface area contributed by atoms with E-state index in [9.17, 15) is 4.79 Å². The largest absolute Gasteiger partial charge is 0.423 e. The van der Waals surface area contributed by atoms with Crippen molar-refractivity contribution < 1.29 is 13.9 Å². The second-order valence-electron chi connectivity index (χ2n) is 8.50. The first-order chi connectivity index (χ1) is 13.6. The Labute approximate surface area is 165 Å². The van der Waals surface area contributed by atoms with E-state index in [4.69, 9.17) is 14.1 Å². The molecule has 150 valence electrons. The Morgan fingerprint density at radius 1 is 1.18 bits per heavy atom. The van der Waals surface area contributed by atoms with Crippen molar-refractivity contribution in [1.82, 2.24) is 15.2 Å². The van der Waals surface area contributed by atoms with Crippen LogP contribution in [0.3, 0.4) is 0 Å². The van der Waals surface area contributed by atoms with Gasteiger partial charge in [0.25, 0.3) is 11.9 Å². The molecule has 1 aromatic heterocycles. The smallest absolute Gasteiger partial charge is 0.299 e. The Hall–Kier alpha value is -2.12. The lowest BCUT2D eigenvalue weighted by atomic mass is 9.86. The number of nitrogens with zero attached hydrogens (tertiary/aromatic N) is 3. The predicted octanol–water partition coefficient (Wildman–Crippen LogP) is 2.61. The summed E-state index contributed by atoms with van der Waals surface area (Å²) in [5.74, 6) is 0.681. The molecule has 3 atom stereocenters. The van der Waals surface area contributed by atoms with E-state index in [2.05, 4.69) is 29.0 Å². The molecule has 2 bridgehead atoms. The average Bonchev–Trinajstić information content (AvgIpc) is 3.12. The molecule has 7 heteroatoms. The number of carbonyl (C=O) groups is 1. The number of rotatable bonds is 3. The van der Waals surface area contributed by atoms with Crippen LogP contribution in [-0.2, 0) is 4.74 Å². The van der Waals surface area contributed by atoms with Gasteiger partial charge in [0.2, 0.25) is 0 Å². The van der Waals surface area contributed by atoms with E-state index in [0.29, 0.717) is 35.9 Å². The minimum Gasteiger partial charge on any atom is -0.423 e. The maximum atomic E-state index is 13.1. The number of fused-ring (bicyclic) bond motifs is 4. The summed E-state index contributed by atoms with van der Waals surface area (Å²) in [6.07, 6.45) is 3.70. The van der Waals surface area contributed by atoms with Gasteiger partial charge in [0, 0.05) is 13.1 Å². The molecule has 4 saturated heterocycles. The second kappa shape index (κ2) is 7.04. The monoisotopic (exact) mass is 384 g/mol. The number of anilines is 1. The maximum absolute atomic E-state index is 13.1. The molecule has 0 aliphatic carbocycles. The van der Waals surface area contributed by atoms with E-state index in [0.717, 1.165) is 25.4 Å². The van der Waals surface area contributed by atoms with Crippen molar-refractivity contribution in [2.45, 2.75) is 51.4 Å². The van der Waals surface area contributed by atoms with Crippen LogP contribution >= 0.6 is 0 Å². The number of hydrogen-bond donors (Lipinski definition) is 1. The lowest BCUT2D eigenvalue weighted by Gasteiger charge is -2.45. The molecular formula is C21H28N4O3. The fourth-order valence-corrected chi connectivity index (χ4v) is 4.96. The molecule has 1 N–H and O–H groups in total. The standard InChI is InChI=1S/C21H28N4O3/c1-13-11-27-12-14(2)25(13)21-23-19-16(4-3-5-17(19)28-21)20(26)22-18-10-15-6-8-24(18)9-7-15/h3-5,13-15,18H,6-12H2,1-2H3,(H,22,26)/t13-,14-,18-/m0/s1. The van der Waals surface area contributed by atoms with Gasteiger partial charge in [-0.15, -0.1) is 0 Å². The zero-order valence-electron chi connectivity index (χ0n) is 16.6. The lowest BCUT2D eigenvalue weighted by molar-refractivity contribution is 0.0295. The van der Waals surface area contributed by atoms with Gasteiger partial charge in [-0.3, -0.25) is 9.69 Å². The molecule has 4 aliphatic rings. The number of oxazole rings is 1. The van der Waals surface area contributed by atoms with Crippen LogP contribution in [0.15, 0.2) is 22.6 Å². The lowest BCUT2D eigenvalue weighted by Crippen LogP contribution is -2.56. The molecule has 0 radical (unpaired) electrons. The number of carbonyl (C=O) groups excluding carboxylic acids is 1. The molecule has 2 aromatic rings. The number of para-hydroxylation sites is 1. The first-order valence-corrected chi connectivity index (χ1v) is 10.4. The molecule has 1 amide bonds. The summed E-state index contributed by atoms with van der Waals surface area (Å²) < 4.78 is 11.7. The Bertz CT molecular complexity index is 864. The molecule has 0 spiro atoms. The van der Waals surface area contributed by atoms with Crippen LogP contribution in [-0.4, -0.2) is 60.3 Å². The number of amides is 1. The average molecular weight is 384 g/mol. The second-order valence-corrected chi connectivity index (χ2v) is 8.50. The van der Waals surface area contributed by atoms with Gasteiger partial charge < -0.3 is 19.4 Å². The van der Waals surface area contributed by atoms with Crippen LogP contribution < -0.4 is 10.2 Å². The molecule has 0 unspecified atom stereocenters. The highest BCUT2D eigenvalue weighted by Crippen LogP contribution is 2.32. The SMILES string of the molecule is C[C@H]1COC[C@H](C)N1c1nc2c(C(=O)N[C@@H]3CC4CCN3CC4)cccc2o1. The highest BCUT2D eigenvalue weighted by molar-refractivity contribution is 6.04. The normalized spacial score (nSPS) is 32.6. The van der Waals surface area contributed by atoms with E-state index < -0.39 is 0 Å². The first kappa shape index (κ1) is 17.9. The first-order valence-electron chi connectivity index (χ1n) is 10.4. The summed E-state index contributed by atoms with van der Waals surface area (Å²) in [6, 6.07) is 6.52. The highest BCUT2D eigenvalue weighted by atomic mass is 16.5. The van der Waals surface area contributed by atoms with Crippen molar-refractivity contribution in [3.05, 3.63) is 23.8 Å². The third-order valence-electron chi connectivity index (χ3n) is 6.49. The molecule has 1 aromatic carbocycles. The summed E-state index contributed by atoms with van der Waals surface area (Å²) in [7, 11) is 0. The third kappa shape index (κ3) is 3.06. The summed E-state index contributed by atoms with van der Waals surface area (Å²) in [5.41, 5.74) is 1.87. The van der Waals surface area contributed by atoms with Crippen molar-refractivity contribution in [1.29, 1.82) is 0 Å². The third-order valence-corrected chi connectivity index (χ3v) is 6.49. The highest BCUT2D eigenvalue weighted by Gasteiger charge is 2.35. The van der Waals surface area contributed by atoms with Crippen LogP contribution in [0.1, 0.15) is 43.5 Å². The molecule has 28 heavy (non-hydrogen) atoms. The molecule has 6 rings (SSSR count). The quantitative estimate of drug-likeness (QED) is 0.877. The molecule has 4 fully saturated rings. The van der Waals surface area contributed by atoms with E-state index in [-0.39, 0.29) is 24.2 Å². The number of morpholine rings is 1. The minimum absolute atomic E-state index is 0.0638. The summed E-state index contributed by atoms with van der Waals surface area (Å²) in [5, 5.41) is 3.24. The maximum Gasteiger partial charge on any atom is 0.299 e. The molecule has 0 saturated carbocycles. The van der Waals surface area contributed by atoms with E-state index in [1.54, 1.807) is 0 Å². The predicted molar refractivity (Wildman–Crippen MR) is 106 cm³/mol. The van der Waals surface area contributed by atoms with Gasteiger partial charge in [0.1, 0.15) is 5.52 Å². The van der Waals surface area contributed by atoms with Gasteiger partial charge in [-0.1, -0.05) is 6.07 Å². The van der Waals surface area contributed by atoms with Crippen molar-refractivity contribution in [3.63, 3.8) is 0 Å². The fourth-order valence-electron chi connectivity index (χ4n) is 4.96. The van der Waals surface area contributed by atoms with E-state index in [1.165, 1.54) is 12.8 Å². The summed E-state index contributed by atoms with van der Waals surface area (Å²) in [4.78, 5) is 22.3. The van der Waals surface area contributed by atoms with Crippen LogP contribution in [0.5, 0.6) is 0 Å². The van der Waals surface area contributed by atoms with Crippen molar-refractivity contribution in [3.8, 4) is 0 Å². The Kier molecular flexibility index (Phi) is 4.51. The summed E-state index contributed by atoms with van der Waals surface area (Å²) in [6.45, 7) is 7.67. The summed E-state index contributed by atoms with van der Waals surface area (Å²) >= 11 is 0. The molecule has 7 nitrogen and oxygen atoms in total. The molecule has 5 heterocycles. The van der Waals surface area contributed by atoms with Gasteiger partial charge in [-0.25, -0.2) is 0 Å². The Balaban J connectivity index is 1.42. The van der Waals surface area contributed by atoms with Gasteiger partial charge in [-0.2, -0.15) is 4.98 Å². The molecule has 4 aliphatic heterocycles. The van der Waals surface area contributed by atoms with E-state index in [1.807, 2.05) is 18.2 Å². The van der Waals surface area contributed by atoms with Crippen LogP contribution in [0, 0.1) is 5.92 Å². The number of hydrogen-bond acceptors (Lipinski definition) is 6. The number of nitrogens with one attached hydrogen (secondary N) is 1. The zero-order valence-corrected chi connectivity index (χ0v) is 16.6.